The lowest BCUT2D eigenvalue weighted by Gasteiger charge is -2.23. The SMILES string of the molecule is Cc1nc(C)n(CCCCC(C)(C#N)NC2CC2)n1. The first-order valence-electron chi connectivity index (χ1n) is 7.09. The third-order valence-corrected chi connectivity index (χ3v) is 3.61. The summed E-state index contributed by atoms with van der Waals surface area (Å²) in [6.45, 7) is 6.79. The Morgan fingerprint density at radius 1 is 1.42 bits per heavy atom. The van der Waals surface area contributed by atoms with Gasteiger partial charge in [-0.05, 0) is 52.9 Å². The molecule has 0 saturated heterocycles. The van der Waals surface area contributed by atoms with E-state index in [0.717, 1.165) is 37.5 Å². The van der Waals surface area contributed by atoms with E-state index in [0.29, 0.717) is 6.04 Å². The molecule has 1 aliphatic carbocycles. The molecule has 1 heterocycles. The van der Waals surface area contributed by atoms with Crippen LogP contribution in [0, 0.1) is 25.2 Å². The quantitative estimate of drug-likeness (QED) is 0.763. The monoisotopic (exact) mass is 261 g/mol. The van der Waals surface area contributed by atoms with Crippen LogP contribution in [0.15, 0.2) is 0 Å². The summed E-state index contributed by atoms with van der Waals surface area (Å²) in [5.74, 6) is 1.80. The fraction of sp³-hybridized carbons (Fsp3) is 0.786. The molecular weight excluding hydrogens is 238 g/mol. The molecular formula is C14H23N5. The average molecular weight is 261 g/mol. The maximum atomic E-state index is 9.29. The minimum absolute atomic E-state index is 0.367. The molecule has 2 rings (SSSR count). The summed E-state index contributed by atoms with van der Waals surface area (Å²) in [7, 11) is 0. The van der Waals surface area contributed by atoms with Gasteiger partial charge in [0, 0.05) is 12.6 Å². The summed E-state index contributed by atoms with van der Waals surface area (Å²) < 4.78 is 1.95. The highest BCUT2D eigenvalue weighted by Gasteiger charge is 2.31. The number of nitrogens with zero attached hydrogens (tertiary/aromatic N) is 4. The first kappa shape index (κ1) is 14.0. The van der Waals surface area contributed by atoms with E-state index in [1.54, 1.807) is 0 Å². The van der Waals surface area contributed by atoms with E-state index >= 15 is 0 Å². The second kappa shape index (κ2) is 5.70. The molecule has 5 nitrogen and oxygen atoms in total. The van der Waals surface area contributed by atoms with Crippen LogP contribution >= 0.6 is 0 Å². The summed E-state index contributed by atoms with van der Waals surface area (Å²) in [6, 6.07) is 2.99. The zero-order valence-corrected chi connectivity index (χ0v) is 12.1. The lowest BCUT2D eigenvalue weighted by molar-refractivity contribution is 0.388. The summed E-state index contributed by atoms with van der Waals surface area (Å²) in [6.07, 6.45) is 5.39. The molecule has 1 N–H and O–H groups in total. The Bertz CT molecular complexity index is 469. The largest absolute Gasteiger partial charge is 0.297 e. The van der Waals surface area contributed by atoms with Crippen LogP contribution in [0.3, 0.4) is 0 Å². The Morgan fingerprint density at radius 3 is 2.68 bits per heavy atom. The fourth-order valence-corrected chi connectivity index (χ4v) is 2.35. The van der Waals surface area contributed by atoms with Gasteiger partial charge in [-0.1, -0.05) is 0 Å². The zero-order valence-electron chi connectivity index (χ0n) is 12.1. The molecule has 19 heavy (non-hydrogen) atoms. The molecule has 1 saturated carbocycles. The first-order chi connectivity index (χ1) is 9.02. The van der Waals surface area contributed by atoms with Crippen LogP contribution in [0.1, 0.15) is 50.7 Å². The van der Waals surface area contributed by atoms with Gasteiger partial charge in [-0.2, -0.15) is 10.4 Å². The summed E-state index contributed by atoms with van der Waals surface area (Å²) in [5.41, 5.74) is -0.367. The predicted molar refractivity (Wildman–Crippen MR) is 73.5 cm³/mol. The normalized spacial score (nSPS) is 18.0. The molecule has 1 unspecified atom stereocenters. The van der Waals surface area contributed by atoms with Gasteiger partial charge in [0.25, 0.3) is 0 Å². The van der Waals surface area contributed by atoms with Crippen molar-refractivity contribution < 1.29 is 0 Å². The number of nitrogens with one attached hydrogen (secondary N) is 1. The second-order valence-corrected chi connectivity index (χ2v) is 5.75. The van der Waals surface area contributed by atoms with Crippen molar-refractivity contribution in [2.45, 2.75) is 71.0 Å². The minimum Gasteiger partial charge on any atom is -0.297 e. The fourth-order valence-electron chi connectivity index (χ4n) is 2.35. The van der Waals surface area contributed by atoms with E-state index in [1.807, 2.05) is 25.5 Å². The van der Waals surface area contributed by atoms with E-state index in [9.17, 15) is 5.26 Å². The molecule has 0 spiro atoms. The highest BCUT2D eigenvalue weighted by Crippen LogP contribution is 2.24. The van der Waals surface area contributed by atoms with Gasteiger partial charge in [0.1, 0.15) is 17.2 Å². The molecule has 5 heteroatoms. The number of nitriles is 1. The molecule has 104 valence electrons. The van der Waals surface area contributed by atoms with Gasteiger partial charge in [-0.15, -0.1) is 0 Å². The predicted octanol–water partition coefficient (Wildman–Crippen LogP) is 2.10. The number of hydrogen-bond donors (Lipinski definition) is 1. The van der Waals surface area contributed by atoms with Gasteiger partial charge in [0.15, 0.2) is 0 Å². The van der Waals surface area contributed by atoms with Crippen molar-refractivity contribution >= 4 is 0 Å². The zero-order chi connectivity index (χ0) is 13.9. The van der Waals surface area contributed by atoms with Gasteiger partial charge in [-0.3, -0.25) is 10.00 Å². The molecule has 0 radical (unpaired) electrons. The standard InChI is InChI=1S/C14H23N5/c1-11-16-12(2)19(18-11)9-5-4-8-14(3,10-15)17-13-6-7-13/h13,17H,4-9H2,1-3H3. The maximum absolute atomic E-state index is 9.29. The Morgan fingerprint density at radius 2 is 2.16 bits per heavy atom. The molecule has 1 atom stereocenters. The number of aromatic nitrogens is 3. The van der Waals surface area contributed by atoms with Crippen LogP contribution in [0.2, 0.25) is 0 Å². The van der Waals surface area contributed by atoms with Crippen LogP contribution in [-0.4, -0.2) is 26.3 Å². The molecule has 0 aliphatic heterocycles. The van der Waals surface area contributed by atoms with Crippen molar-refractivity contribution in [2.75, 3.05) is 0 Å². The lowest BCUT2D eigenvalue weighted by atomic mass is 9.96. The van der Waals surface area contributed by atoms with Crippen LogP contribution in [-0.2, 0) is 6.54 Å². The van der Waals surface area contributed by atoms with E-state index in [-0.39, 0.29) is 5.54 Å². The van der Waals surface area contributed by atoms with Crippen molar-refractivity contribution in [3.63, 3.8) is 0 Å². The number of rotatable bonds is 7. The summed E-state index contributed by atoms with van der Waals surface area (Å²) in [4.78, 5) is 4.29. The van der Waals surface area contributed by atoms with Crippen LogP contribution < -0.4 is 5.32 Å². The van der Waals surface area contributed by atoms with Crippen molar-refractivity contribution in [3.05, 3.63) is 11.6 Å². The average Bonchev–Trinajstić information content (AvgIpc) is 3.10. The minimum atomic E-state index is -0.367. The number of hydrogen-bond acceptors (Lipinski definition) is 4. The maximum Gasteiger partial charge on any atom is 0.147 e. The lowest BCUT2D eigenvalue weighted by Crippen LogP contribution is -2.42. The first-order valence-corrected chi connectivity index (χ1v) is 7.09. The summed E-state index contributed by atoms with van der Waals surface area (Å²) >= 11 is 0. The van der Waals surface area contributed by atoms with Crippen molar-refractivity contribution in [2.24, 2.45) is 0 Å². The van der Waals surface area contributed by atoms with Crippen LogP contribution in [0.25, 0.3) is 0 Å². The molecule has 0 bridgehead atoms. The van der Waals surface area contributed by atoms with Gasteiger partial charge in [0.05, 0.1) is 6.07 Å². The molecule has 1 aliphatic rings. The van der Waals surface area contributed by atoms with E-state index in [4.69, 9.17) is 0 Å². The topological polar surface area (TPSA) is 66.5 Å². The van der Waals surface area contributed by atoms with Crippen molar-refractivity contribution in [1.82, 2.24) is 20.1 Å². The highest BCUT2D eigenvalue weighted by molar-refractivity contribution is 5.06. The Labute approximate surface area is 115 Å². The number of aryl methyl sites for hydroxylation is 3. The number of unbranched alkanes of at least 4 members (excludes halogenated alkanes) is 1. The van der Waals surface area contributed by atoms with E-state index < -0.39 is 0 Å². The van der Waals surface area contributed by atoms with Gasteiger partial charge < -0.3 is 0 Å². The van der Waals surface area contributed by atoms with Gasteiger partial charge >= 0.3 is 0 Å². The molecule has 1 aromatic rings. The molecule has 0 amide bonds. The Kier molecular flexibility index (Phi) is 4.20. The Balaban J connectivity index is 1.73. The summed E-state index contributed by atoms with van der Waals surface area (Å²) in [5, 5.41) is 17.1. The Hall–Kier alpha value is -1.41. The van der Waals surface area contributed by atoms with E-state index in [1.165, 1.54) is 12.8 Å². The van der Waals surface area contributed by atoms with Crippen LogP contribution in [0.4, 0.5) is 0 Å². The van der Waals surface area contributed by atoms with Crippen LogP contribution in [0.5, 0.6) is 0 Å². The molecule has 1 aromatic heterocycles. The highest BCUT2D eigenvalue weighted by atomic mass is 15.3. The molecule has 0 aromatic carbocycles. The van der Waals surface area contributed by atoms with Gasteiger partial charge in [-0.25, -0.2) is 4.98 Å². The molecule has 1 fully saturated rings. The third-order valence-electron chi connectivity index (χ3n) is 3.61. The smallest absolute Gasteiger partial charge is 0.147 e. The van der Waals surface area contributed by atoms with Crippen molar-refractivity contribution in [1.29, 1.82) is 5.26 Å². The van der Waals surface area contributed by atoms with Gasteiger partial charge in [0.2, 0.25) is 0 Å². The third kappa shape index (κ3) is 4.03. The van der Waals surface area contributed by atoms with Crippen molar-refractivity contribution in [3.8, 4) is 6.07 Å². The second-order valence-electron chi connectivity index (χ2n) is 5.75. The van der Waals surface area contributed by atoms with E-state index in [2.05, 4.69) is 21.5 Å².